The zero-order valence-corrected chi connectivity index (χ0v) is 13.2. The topological polar surface area (TPSA) is 70.8 Å². The van der Waals surface area contributed by atoms with Crippen LogP contribution < -0.4 is 10.1 Å². The molecule has 0 bridgehead atoms. The van der Waals surface area contributed by atoms with Crippen molar-refractivity contribution in [3.8, 4) is 11.9 Å². The number of aryl methyl sites for hydroxylation is 1. The molecule has 0 radical (unpaired) electrons. The lowest BCUT2D eigenvalue weighted by Gasteiger charge is -2.23. The summed E-state index contributed by atoms with van der Waals surface area (Å²) in [5.41, 5.74) is 2.42. The van der Waals surface area contributed by atoms with Gasteiger partial charge in [0.2, 0.25) is 11.8 Å². The van der Waals surface area contributed by atoms with Crippen LogP contribution in [0.15, 0.2) is 30.5 Å². The van der Waals surface area contributed by atoms with Gasteiger partial charge in [-0.1, -0.05) is 6.42 Å². The standard InChI is InChI=1S/C18H20N4O/c1-13-12-20-18(21-15-9-7-14(11-19)8-10-15)22-17(13)23-16-5-3-2-4-6-16/h7-10,12,16H,2-6H2,1H3,(H,20,21,22). The highest BCUT2D eigenvalue weighted by atomic mass is 16.5. The van der Waals surface area contributed by atoms with E-state index < -0.39 is 0 Å². The van der Waals surface area contributed by atoms with Gasteiger partial charge in [0.15, 0.2) is 0 Å². The van der Waals surface area contributed by atoms with E-state index in [9.17, 15) is 0 Å². The van der Waals surface area contributed by atoms with E-state index in [-0.39, 0.29) is 6.10 Å². The molecule has 3 rings (SSSR count). The number of nitrogens with one attached hydrogen (secondary N) is 1. The molecule has 0 saturated heterocycles. The fraction of sp³-hybridized carbons (Fsp3) is 0.389. The summed E-state index contributed by atoms with van der Waals surface area (Å²) in [5, 5.41) is 12.0. The second kappa shape index (κ2) is 7.10. The summed E-state index contributed by atoms with van der Waals surface area (Å²) < 4.78 is 6.07. The molecule has 5 heteroatoms. The molecule has 0 atom stereocenters. The van der Waals surface area contributed by atoms with Crippen molar-refractivity contribution in [3.05, 3.63) is 41.6 Å². The van der Waals surface area contributed by atoms with E-state index in [4.69, 9.17) is 10.00 Å². The Labute approximate surface area is 136 Å². The van der Waals surface area contributed by atoms with Gasteiger partial charge in [-0.15, -0.1) is 0 Å². The Balaban J connectivity index is 1.72. The molecule has 0 unspecified atom stereocenters. The quantitative estimate of drug-likeness (QED) is 0.920. The van der Waals surface area contributed by atoms with Crippen molar-refractivity contribution in [1.82, 2.24) is 9.97 Å². The first-order chi connectivity index (χ1) is 11.2. The normalized spacial score (nSPS) is 15.0. The Bertz CT molecular complexity index is 700. The summed E-state index contributed by atoms with van der Waals surface area (Å²) >= 11 is 0. The van der Waals surface area contributed by atoms with Gasteiger partial charge in [0.05, 0.1) is 11.6 Å². The summed E-state index contributed by atoms with van der Waals surface area (Å²) in [7, 11) is 0. The number of aromatic nitrogens is 2. The van der Waals surface area contributed by atoms with Gasteiger partial charge in [0.1, 0.15) is 6.10 Å². The molecular formula is C18H20N4O. The molecule has 1 aromatic carbocycles. The maximum Gasteiger partial charge on any atom is 0.230 e. The molecule has 1 aromatic heterocycles. The van der Waals surface area contributed by atoms with Crippen LogP contribution in [0.3, 0.4) is 0 Å². The zero-order chi connectivity index (χ0) is 16.1. The first-order valence-electron chi connectivity index (χ1n) is 8.02. The molecular weight excluding hydrogens is 288 g/mol. The van der Waals surface area contributed by atoms with Crippen molar-refractivity contribution in [2.75, 3.05) is 5.32 Å². The molecule has 1 N–H and O–H groups in total. The second-order valence-corrected chi connectivity index (χ2v) is 5.87. The first-order valence-corrected chi connectivity index (χ1v) is 8.02. The van der Waals surface area contributed by atoms with E-state index in [1.807, 2.05) is 19.1 Å². The largest absolute Gasteiger partial charge is 0.474 e. The average Bonchev–Trinajstić information content (AvgIpc) is 2.59. The maximum absolute atomic E-state index is 8.83. The minimum absolute atomic E-state index is 0.264. The van der Waals surface area contributed by atoms with E-state index in [2.05, 4.69) is 21.4 Å². The summed E-state index contributed by atoms with van der Waals surface area (Å²) in [5.74, 6) is 1.16. The highest BCUT2D eigenvalue weighted by molar-refractivity contribution is 5.55. The van der Waals surface area contributed by atoms with Crippen molar-refractivity contribution in [2.24, 2.45) is 0 Å². The van der Waals surface area contributed by atoms with Gasteiger partial charge in [-0.3, -0.25) is 0 Å². The average molecular weight is 308 g/mol. The Kier molecular flexibility index (Phi) is 4.72. The van der Waals surface area contributed by atoms with Crippen LogP contribution in [-0.2, 0) is 0 Å². The third kappa shape index (κ3) is 3.98. The lowest BCUT2D eigenvalue weighted by molar-refractivity contribution is 0.147. The third-order valence-electron chi connectivity index (χ3n) is 4.03. The van der Waals surface area contributed by atoms with E-state index in [0.29, 0.717) is 17.4 Å². The lowest BCUT2D eigenvalue weighted by atomic mass is 9.98. The SMILES string of the molecule is Cc1cnc(Nc2ccc(C#N)cc2)nc1OC1CCCCC1. The van der Waals surface area contributed by atoms with Gasteiger partial charge < -0.3 is 10.1 Å². The van der Waals surface area contributed by atoms with Crippen molar-refractivity contribution in [2.45, 2.75) is 45.1 Å². The molecule has 2 aromatic rings. The Morgan fingerprint density at radius 1 is 1.17 bits per heavy atom. The van der Waals surface area contributed by atoms with Gasteiger partial charge in [0, 0.05) is 17.4 Å². The van der Waals surface area contributed by atoms with Crippen molar-refractivity contribution in [1.29, 1.82) is 5.26 Å². The predicted octanol–water partition coefficient (Wildman–Crippen LogP) is 4.11. The fourth-order valence-corrected chi connectivity index (χ4v) is 2.70. The molecule has 1 fully saturated rings. The third-order valence-corrected chi connectivity index (χ3v) is 4.03. The molecule has 0 aliphatic heterocycles. The van der Waals surface area contributed by atoms with E-state index in [0.717, 1.165) is 24.1 Å². The van der Waals surface area contributed by atoms with Gasteiger partial charge >= 0.3 is 0 Å². The smallest absolute Gasteiger partial charge is 0.230 e. The van der Waals surface area contributed by atoms with Crippen molar-refractivity contribution < 1.29 is 4.74 Å². The second-order valence-electron chi connectivity index (χ2n) is 5.87. The molecule has 118 valence electrons. The van der Waals surface area contributed by atoms with Crippen molar-refractivity contribution in [3.63, 3.8) is 0 Å². The van der Waals surface area contributed by atoms with Gasteiger partial charge in [0.25, 0.3) is 0 Å². The highest BCUT2D eigenvalue weighted by Gasteiger charge is 2.17. The van der Waals surface area contributed by atoms with Crippen LogP contribution in [0, 0.1) is 18.3 Å². The minimum atomic E-state index is 0.264. The monoisotopic (exact) mass is 308 g/mol. The molecule has 1 heterocycles. The summed E-state index contributed by atoms with van der Waals surface area (Å²) in [4.78, 5) is 8.80. The molecule has 1 aliphatic carbocycles. The minimum Gasteiger partial charge on any atom is -0.474 e. The van der Waals surface area contributed by atoms with E-state index in [1.54, 1.807) is 18.3 Å². The first kappa shape index (κ1) is 15.3. The molecule has 23 heavy (non-hydrogen) atoms. The van der Waals surface area contributed by atoms with Crippen LogP contribution >= 0.6 is 0 Å². The number of rotatable bonds is 4. The molecule has 0 spiro atoms. The van der Waals surface area contributed by atoms with Crippen LogP contribution in [-0.4, -0.2) is 16.1 Å². The fourth-order valence-electron chi connectivity index (χ4n) is 2.70. The van der Waals surface area contributed by atoms with Gasteiger partial charge in [-0.25, -0.2) is 4.98 Å². The molecule has 0 amide bonds. The van der Waals surface area contributed by atoms with Gasteiger partial charge in [-0.2, -0.15) is 10.2 Å². The van der Waals surface area contributed by atoms with E-state index in [1.165, 1.54) is 19.3 Å². The number of nitriles is 1. The van der Waals surface area contributed by atoms with Crippen LogP contribution in [0.4, 0.5) is 11.6 Å². The lowest BCUT2D eigenvalue weighted by Crippen LogP contribution is -2.21. The number of nitrogens with zero attached hydrogens (tertiary/aromatic N) is 3. The maximum atomic E-state index is 8.83. The Morgan fingerprint density at radius 2 is 1.91 bits per heavy atom. The Morgan fingerprint density at radius 3 is 2.61 bits per heavy atom. The molecule has 1 aliphatic rings. The summed E-state index contributed by atoms with van der Waals surface area (Å²) in [6.07, 6.45) is 7.99. The summed E-state index contributed by atoms with van der Waals surface area (Å²) in [6.45, 7) is 1.96. The number of hydrogen-bond acceptors (Lipinski definition) is 5. The molecule has 5 nitrogen and oxygen atoms in total. The van der Waals surface area contributed by atoms with Gasteiger partial charge in [-0.05, 0) is 56.9 Å². The number of benzene rings is 1. The van der Waals surface area contributed by atoms with Crippen LogP contribution in [0.2, 0.25) is 0 Å². The Hall–Kier alpha value is -2.61. The highest BCUT2D eigenvalue weighted by Crippen LogP contribution is 2.25. The number of hydrogen-bond donors (Lipinski definition) is 1. The zero-order valence-electron chi connectivity index (χ0n) is 13.2. The van der Waals surface area contributed by atoms with Crippen LogP contribution in [0.1, 0.15) is 43.2 Å². The molecule has 1 saturated carbocycles. The van der Waals surface area contributed by atoms with Crippen LogP contribution in [0.25, 0.3) is 0 Å². The predicted molar refractivity (Wildman–Crippen MR) is 88.7 cm³/mol. The van der Waals surface area contributed by atoms with Crippen molar-refractivity contribution >= 4 is 11.6 Å². The number of anilines is 2. The van der Waals surface area contributed by atoms with Crippen LogP contribution in [0.5, 0.6) is 5.88 Å². The number of ether oxygens (including phenoxy) is 1. The summed E-state index contributed by atoms with van der Waals surface area (Å²) in [6, 6.07) is 9.29. The van der Waals surface area contributed by atoms with E-state index >= 15 is 0 Å².